The summed E-state index contributed by atoms with van der Waals surface area (Å²) in [5.41, 5.74) is 3.88. The Hall–Kier alpha value is -1.35. The Morgan fingerprint density at radius 3 is 3.20 bits per heavy atom. The van der Waals surface area contributed by atoms with Crippen molar-refractivity contribution in [3.05, 3.63) is 35.9 Å². The molecule has 2 aromatic rings. The van der Waals surface area contributed by atoms with Gasteiger partial charge in [-0.3, -0.25) is 4.98 Å². The third-order valence-electron chi connectivity index (χ3n) is 3.28. The van der Waals surface area contributed by atoms with Crippen LogP contribution in [0.15, 0.2) is 24.7 Å². The fourth-order valence-electron chi connectivity index (χ4n) is 2.51. The molecule has 78 valence electrons. The molecule has 3 nitrogen and oxygen atoms in total. The molecular formula is C12H15N3. The van der Waals surface area contributed by atoms with E-state index < -0.39 is 0 Å². The number of nitrogens with one attached hydrogen (secondary N) is 1. The molecule has 0 bridgehead atoms. The molecule has 0 radical (unpaired) electrons. The standard InChI is InChI=1S/C12H15N3/c1-9-12-11(10-2-4-13-8-10)3-6-15(12)7-5-14-9/h3,5-7,10,13H,2,4,8H2,1H3. The van der Waals surface area contributed by atoms with E-state index >= 15 is 0 Å². The average Bonchev–Trinajstić information content (AvgIpc) is 2.85. The Labute approximate surface area is 89.1 Å². The van der Waals surface area contributed by atoms with Gasteiger partial charge in [0.15, 0.2) is 0 Å². The molecule has 0 amide bonds. The van der Waals surface area contributed by atoms with Crippen LogP contribution in [-0.2, 0) is 0 Å². The monoisotopic (exact) mass is 201 g/mol. The maximum absolute atomic E-state index is 4.37. The summed E-state index contributed by atoms with van der Waals surface area (Å²) in [4.78, 5) is 4.37. The molecule has 1 atom stereocenters. The van der Waals surface area contributed by atoms with Gasteiger partial charge in [-0.1, -0.05) is 0 Å². The minimum atomic E-state index is 0.665. The number of hydrogen-bond acceptors (Lipinski definition) is 2. The zero-order valence-corrected chi connectivity index (χ0v) is 8.90. The summed E-state index contributed by atoms with van der Waals surface area (Å²) in [5, 5.41) is 3.42. The van der Waals surface area contributed by atoms with E-state index in [0.717, 1.165) is 18.8 Å². The van der Waals surface area contributed by atoms with Gasteiger partial charge in [-0.2, -0.15) is 0 Å². The van der Waals surface area contributed by atoms with Crippen molar-refractivity contribution in [1.82, 2.24) is 14.7 Å². The van der Waals surface area contributed by atoms with Gasteiger partial charge in [0, 0.05) is 25.1 Å². The Kier molecular flexibility index (Phi) is 1.99. The van der Waals surface area contributed by atoms with E-state index in [4.69, 9.17) is 0 Å². The van der Waals surface area contributed by atoms with Crippen molar-refractivity contribution in [2.24, 2.45) is 0 Å². The van der Waals surface area contributed by atoms with Gasteiger partial charge in [0.05, 0.1) is 11.2 Å². The predicted molar refractivity (Wildman–Crippen MR) is 60.2 cm³/mol. The van der Waals surface area contributed by atoms with E-state index in [9.17, 15) is 0 Å². The molecule has 0 saturated carbocycles. The Morgan fingerprint density at radius 1 is 1.47 bits per heavy atom. The number of rotatable bonds is 1. The first kappa shape index (κ1) is 8.92. The number of aryl methyl sites for hydroxylation is 1. The minimum absolute atomic E-state index is 0.665. The zero-order chi connectivity index (χ0) is 10.3. The molecule has 1 aliphatic heterocycles. The van der Waals surface area contributed by atoms with Gasteiger partial charge in [-0.05, 0) is 37.4 Å². The van der Waals surface area contributed by atoms with Crippen molar-refractivity contribution in [3.8, 4) is 0 Å². The van der Waals surface area contributed by atoms with E-state index in [2.05, 4.69) is 33.9 Å². The van der Waals surface area contributed by atoms with Crippen molar-refractivity contribution in [3.63, 3.8) is 0 Å². The third kappa shape index (κ3) is 1.35. The van der Waals surface area contributed by atoms with E-state index in [1.54, 1.807) is 0 Å². The Bertz CT molecular complexity index is 481. The first-order valence-electron chi connectivity index (χ1n) is 5.49. The fraction of sp³-hybridized carbons (Fsp3) is 0.417. The third-order valence-corrected chi connectivity index (χ3v) is 3.28. The minimum Gasteiger partial charge on any atom is -0.320 e. The normalized spacial score (nSPS) is 21.3. The van der Waals surface area contributed by atoms with Gasteiger partial charge in [0.2, 0.25) is 0 Å². The van der Waals surface area contributed by atoms with Gasteiger partial charge in [0.1, 0.15) is 0 Å². The largest absolute Gasteiger partial charge is 0.320 e. The maximum atomic E-state index is 4.37. The molecule has 0 spiro atoms. The topological polar surface area (TPSA) is 29.3 Å². The van der Waals surface area contributed by atoms with Crippen molar-refractivity contribution >= 4 is 5.52 Å². The molecule has 0 aromatic carbocycles. The van der Waals surface area contributed by atoms with Gasteiger partial charge >= 0.3 is 0 Å². The van der Waals surface area contributed by atoms with Crippen LogP contribution in [0.3, 0.4) is 0 Å². The lowest BCUT2D eigenvalue weighted by molar-refractivity contribution is 0.769. The Balaban J connectivity index is 2.18. The molecule has 3 heteroatoms. The molecule has 15 heavy (non-hydrogen) atoms. The molecule has 3 heterocycles. The smallest absolute Gasteiger partial charge is 0.0699 e. The number of nitrogens with zero attached hydrogens (tertiary/aromatic N) is 2. The van der Waals surface area contributed by atoms with E-state index in [-0.39, 0.29) is 0 Å². The zero-order valence-electron chi connectivity index (χ0n) is 8.90. The molecule has 0 aliphatic carbocycles. The molecule has 3 rings (SSSR count). The summed E-state index contributed by atoms with van der Waals surface area (Å²) in [6.07, 6.45) is 7.26. The second-order valence-electron chi connectivity index (χ2n) is 4.23. The van der Waals surface area contributed by atoms with Crippen LogP contribution in [0.4, 0.5) is 0 Å². The van der Waals surface area contributed by atoms with Crippen LogP contribution in [0.25, 0.3) is 5.52 Å². The molecular weight excluding hydrogens is 186 g/mol. The van der Waals surface area contributed by atoms with E-state index in [1.807, 2.05) is 12.4 Å². The van der Waals surface area contributed by atoms with E-state index in [1.165, 1.54) is 17.5 Å². The highest BCUT2D eigenvalue weighted by Gasteiger charge is 2.20. The summed E-state index contributed by atoms with van der Waals surface area (Å²) in [5.74, 6) is 0.665. The molecule has 2 aromatic heterocycles. The lowest BCUT2D eigenvalue weighted by Crippen LogP contribution is -2.08. The van der Waals surface area contributed by atoms with Gasteiger partial charge in [0.25, 0.3) is 0 Å². The van der Waals surface area contributed by atoms with E-state index in [0.29, 0.717) is 5.92 Å². The molecule has 1 unspecified atom stereocenters. The SMILES string of the molecule is Cc1nccn2ccc(C3CCNC3)c12. The van der Waals surface area contributed by atoms with Crippen LogP contribution in [0.1, 0.15) is 23.6 Å². The van der Waals surface area contributed by atoms with Crippen LogP contribution in [0, 0.1) is 6.92 Å². The number of fused-ring (bicyclic) bond motifs is 1. The predicted octanol–water partition coefficient (Wildman–Crippen LogP) is 1.72. The van der Waals surface area contributed by atoms with Crippen LogP contribution in [0.2, 0.25) is 0 Å². The second-order valence-corrected chi connectivity index (χ2v) is 4.23. The summed E-state index contributed by atoms with van der Waals surface area (Å²) in [7, 11) is 0. The number of aromatic nitrogens is 2. The molecule has 1 N–H and O–H groups in total. The summed E-state index contributed by atoms with van der Waals surface area (Å²) >= 11 is 0. The van der Waals surface area contributed by atoms with Crippen molar-refractivity contribution in [2.75, 3.05) is 13.1 Å². The summed E-state index contributed by atoms with van der Waals surface area (Å²) in [6, 6.07) is 2.24. The highest BCUT2D eigenvalue weighted by atomic mass is 14.9. The quantitative estimate of drug-likeness (QED) is 0.761. The average molecular weight is 201 g/mol. The molecule has 1 saturated heterocycles. The van der Waals surface area contributed by atoms with Crippen molar-refractivity contribution < 1.29 is 0 Å². The van der Waals surface area contributed by atoms with Gasteiger partial charge in [-0.25, -0.2) is 0 Å². The Morgan fingerprint density at radius 2 is 2.40 bits per heavy atom. The lowest BCUT2D eigenvalue weighted by atomic mass is 9.99. The fourth-order valence-corrected chi connectivity index (χ4v) is 2.51. The highest BCUT2D eigenvalue weighted by molar-refractivity contribution is 5.60. The van der Waals surface area contributed by atoms with Gasteiger partial charge in [-0.15, -0.1) is 0 Å². The summed E-state index contributed by atoms with van der Waals surface area (Å²) < 4.78 is 2.18. The first-order chi connectivity index (χ1) is 7.36. The van der Waals surface area contributed by atoms with Crippen LogP contribution in [-0.4, -0.2) is 22.5 Å². The maximum Gasteiger partial charge on any atom is 0.0699 e. The van der Waals surface area contributed by atoms with Gasteiger partial charge < -0.3 is 9.72 Å². The summed E-state index contributed by atoms with van der Waals surface area (Å²) in [6.45, 7) is 4.33. The lowest BCUT2D eigenvalue weighted by Gasteiger charge is -2.08. The number of hydrogen-bond donors (Lipinski definition) is 1. The second kappa shape index (κ2) is 3.35. The first-order valence-corrected chi connectivity index (χ1v) is 5.49. The highest BCUT2D eigenvalue weighted by Crippen LogP contribution is 2.28. The van der Waals surface area contributed by atoms with Crippen molar-refractivity contribution in [2.45, 2.75) is 19.3 Å². The van der Waals surface area contributed by atoms with Crippen molar-refractivity contribution in [1.29, 1.82) is 0 Å². The molecule has 1 fully saturated rings. The van der Waals surface area contributed by atoms with Crippen LogP contribution in [0.5, 0.6) is 0 Å². The molecule has 1 aliphatic rings. The van der Waals surface area contributed by atoms with Crippen LogP contribution < -0.4 is 5.32 Å². The van der Waals surface area contributed by atoms with Crippen LogP contribution >= 0.6 is 0 Å².